The average Bonchev–Trinajstić information content (AvgIpc) is 2.84. The van der Waals surface area contributed by atoms with E-state index in [1.54, 1.807) is 0 Å². The first-order chi connectivity index (χ1) is 9.65. The van der Waals surface area contributed by atoms with Gasteiger partial charge in [0.15, 0.2) is 0 Å². The topological polar surface area (TPSA) is 86.7 Å². The molecule has 1 rings (SSSR count). The summed E-state index contributed by atoms with van der Waals surface area (Å²) in [6, 6.07) is 0. The van der Waals surface area contributed by atoms with Gasteiger partial charge >= 0.3 is 0 Å². The van der Waals surface area contributed by atoms with Crippen molar-refractivity contribution < 1.29 is 19.5 Å². The molecule has 1 aliphatic rings. The number of rotatable bonds is 8. The quantitative estimate of drug-likeness (QED) is 0.398. The molecule has 20 heavy (non-hydrogen) atoms. The molecule has 0 saturated carbocycles. The summed E-state index contributed by atoms with van der Waals surface area (Å²) in [5.74, 6) is 0.205. The van der Waals surface area contributed by atoms with E-state index in [1.807, 2.05) is 4.90 Å². The van der Waals surface area contributed by atoms with Crippen LogP contribution in [0, 0.1) is 0 Å². The predicted octanol–water partition coefficient (Wildman–Crippen LogP) is 1.17. The van der Waals surface area contributed by atoms with Gasteiger partial charge in [0.1, 0.15) is 0 Å². The zero-order chi connectivity index (χ0) is 15.2. The molecule has 0 aromatic carbocycles. The molecule has 1 heterocycles. The van der Waals surface area contributed by atoms with E-state index in [1.165, 1.54) is 6.08 Å². The molecule has 0 aromatic heterocycles. The number of nitrogens with one attached hydrogen (secondary N) is 1. The molecule has 2 amide bonds. The van der Waals surface area contributed by atoms with Crippen LogP contribution in [0.2, 0.25) is 0 Å². The van der Waals surface area contributed by atoms with E-state index >= 15 is 0 Å². The summed E-state index contributed by atoms with van der Waals surface area (Å²) in [7, 11) is 0. The second kappa shape index (κ2) is 12.2. The van der Waals surface area contributed by atoms with Crippen molar-refractivity contribution in [3.63, 3.8) is 0 Å². The van der Waals surface area contributed by atoms with E-state index < -0.39 is 0 Å². The van der Waals surface area contributed by atoms with Gasteiger partial charge < -0.3 is 15.3 Å². The van der Waals surface area contributed by atoms with Crippen LogP contribution in [0.5, 0.6) is 0 Å². The Morgan fingerprint density at radius 2 is 2.00 bits per heavy atom. The van der Waals surface area contributed by atoms with Gasteiger partial charge in [-0.25, -0.2) is 0 Å². The molecular weight excluding hydrogens is 260 g/mol. The van der Waals surface area contributed by atoms with E-state index in [-0.39, 0.29) is 12.4 Å². The first-order valence-corrected chi connectivity index (χ1v) is 6.91. The van der Waals surface area contributed by atoms with E-state index in [2.05, 4.69) is 11.9 Å². The summed E-state index contributed by atoms with van der Waals surface area (Å²) in [5, 5.41) is 9.64. The third-order valence-electron chi connectivity index (χ3n) is 3.01. The number of hydrogen-bond acceptors (Lipinski definition) is 3. The Morgan fingerprint density at radius 1 is 1.35 bits per heavy atom. The summed E-state index contributed by atoms with van der Waals surface area (Å²) in [4.78, 5) is 32.5. The number of hydrogen-bond donors (Lipinski definition) is 2. The van der Waals surface area contributed by atoms with Crippen LogP contribution < -0.4 is 5.32 Å². The highest BCUT2D eigenvalue weighted by molar-refractivity contribution is 5.86. The minimum Gasteiger partial charge on any atom is -0.483 e. The Labute approximate surface area is 119 Å². The molecule has 0 radical (unpaired) electrons. The summed E-state index contributed by atoms with van der Waals surface area (Å²) >= 11 is 0. The van der Waals surface area contributed by atoms with Gasteiger partial charge in [0.05, 0.1) is 0 Å². The van der Waals surface area contributed by atoms with Crippen molar-refractivity contribution in [2.24, 2.45) is 0 Å². The van der Waals surface area contributed by atoms with E-state index in [9.17, 15) is 9.59 Å². The van der Waals surface area contributed by atoms with Crippen LogP contribution in [0.25, 0.3) is 0 Å². The molecule has 1 fully saturated rings. The van der Waals surface area contributed by atoms with Gasteiger partial charge in [-0.05, 0) is 25.3 Å². The van der Waals surface area contributed by atoms with Gasteiger partial charge in [0, 0.05) is 26.1 Å². The molecule has 2 N–H and O–H groups in total. The summed E-state index contributed by atoms with van der Waals surface area (Å²) in [6.45, 7) is 5.70. The SMILES string of the molecule is C=CC(=O)NCCCCCCN1CCCC1=O.O=CO. The molecule has 0 spiro atoms. The fourth-order valence-electron chi connectivity index (χ4n) is 2.01. The predicted molar refractivity (Wildman–Crippen MR) is 76.2 cm³/mol. The van der Waals surface area contributed by atoms with Crippen molar-refractivity contribution in [2.45, 2.75) is 38.5 Å². The lowest BCUT2D eigenvalue weighted by Gasteiger charge is -2.14. The third-order valence-corrected chi connectivity index (χ3v) is 3.01. The minimum absolute atomic E-state index is 0.104. The van der Waals surface area contributed by atoms with E-state index in [0.29, 0.717) is 12.5 Å². The highest BCUT2D eigenvalue weighted by atomic mass is 16.3. The number of likely N-dealkylation sites (tertiary alicyclic amines) is 1. The number of carbonyl (C=O) groups is 3. The van der Waals surface area contributed by atoms with Gasteiger partial charge in [-0.2, -0.15) is 0 Å². The first-order valence-electron chi connectivity index (χ1n) is 6.91. The van der Waals surface area contributed by atoms with Crippen LogP contribution in [-0.2, 0) is 14.4 Å². The first kappa shape index (κ1) is 18.1. The lowest BCUT2D eigenvalue weighted by molar-refractivity contribution is -0.127. The fourth-order valence-corrected chi connectivity index (χ4v) is 2.01. The van der Waals surface area contributed by atoms with E-state index in [4.69, 9.17) is 9.90 Å². The van der Waals surface area contributed by atoms with Crippen molar-refractivity contribution >= 4 is 18.3 Å². The molecule has 1 saturated heterocycles. The Kier molecular flexibility index (Phi) is 11.1. The highest BCUT2D eigenvalue weighted by Gasteiger charge is 2.18. The maximum absolute atomic E-state index is 11.3. The van der Waals surface area contributed by atoms with Crippen LogP contribution >= 0.6 is 0 Å². The van der Waals surface area contributed by atoms with Crippen LogP contribution in [0.1, 0.15) is 38.5 Å². The van der Waals surface area contributed by atoms with Crippen LogP contribution in [0.4, 0.5) is 0 Å². The van der Waals surface area contributed by atoms with Gasteiger partial charge in [-0.3, -0.25) is 14.4 Å². The van der Waals surface area contributed by atoms with Crippen molar-refractivity contribution in [2.75, 3.05) is 19.6 Å². The summed E-state index contributed by atoms with van der Waals surface area (Å²) in [6.07, 6.45) is 7.32. The highest BCUT2D eigenvalue weighted by Crippen LogP contribution is 2.11. The second-order valence-corrected chi connectivity index (χ2v) is 4.50. The Bertz CT molecular complexity index is 318. The van der Waals surface area contributed by atoms with Crippen molar-refractivity contribution in [1.29, 1.82) is 0 Å². The average molecular weight is 284 g/mol. The fraction of sp³-hybridized carbons (Fsp3) is 0.643. The summed E-state index contributed by atoms with van der Waals surface area (Å²) in [5.41, 5.74) is 0. The monoisotopic (exact) mass is 284 g/mol. The van der Waals surface area contributed by atoms with Gasteiger partial charge in [-0.1, -0.05) is 19.4 Å². The third kappa shape index (κ3) is 9.13. The number of nitrogens with zero attached hydrogens (tertiary/aromatic N) is 1. The maximum atomic E-state index is 11.3. The van der Waals surface area contributed by atoms with Gasteiger partial charge in [-0.15, -0.1) is 0 Å². The zero-order valence-electron chi connectivity index (χ0n) is 11.8. The number of carbonyl (C=O) groups excluding carboxylic acids is 2. The van der Waals surface area contributed by atoms with Crippen LogP contribution in [0.3, 0.4) is 0 Å². The molecule has 0 aliphatic carbocycles. The molecule has 0 atom stereocenters. The van der Waals surface area contributed by atoms with Crippen molar-refractivity contribution in [3.8, 4) is 0 Å². The molecule has 0 bridgehead atoms. The van der Waals surface area contributed by atoms with Crippen LogP contribution in [-0.4, -0.2) is 47.9 Å². The van der Waals surface area contributed by atoms with Crippen molar-refractivity contribution in [3.05, 3.63) is 12.7 Å². The van der Waals surface area contributed by atoms with Gasteiger partial charge in [0.25, 0.3) is 6.47 Å². The van der Waals surface area contributed by atoms with E-state index in [0.717, 1.165) is 51.6 Å². The smallest absolute Gasteiger partial charge is 0.290 e. The summed E-state index contributed by atoms with van der Waals surface area (Å²) < 4.78 is 0. The Morgan fingerprint density at radius 3 is 2.55 bits per heavy atom. The molecule has 6 heteroatoms. The Balaban J connectivity index is 0.00000110. The number of amides is 2. The minimum atomic E-state index is -0.250. The lowest BCUT2D eigenvalue weighted by atomic mass is 10.2. The largest absolute Gasteiger partial charge is 0.483 e. The molecule has 0 aromatic rings. The molecule has 6 nitrogen and oxygen atoms in total. The standard InChI is InChI=1S/C13H22N2O2.CH2O2/c1-2-12(16)14-9-5-3-4-6-10-15-11-7-8-13(15)17;2-1-3/h2H,1,3-11H2,(H,14,16);1H,(H,2,3). The van der Waals surface area contributed by atoms with Gasteiger partial charge in [0.2, 0.25) is 11.8 Å². The molecular formula is C14H24N2O4. The molecule has 0 unspecified atom stereocenters. The maximum Gasteiger partial charge on any atom is 0.290 e. The Hall–Kier alpha value is -1.85. The zero-order valence-corrected chi connectivity index (χ0v) is 11.8. The molecule has 114 valence electrons. The number of unbranched alkanes of at least 4 members (excludes halogenated alkanes) is 3. The van der Waals surface area contributed by atoms with Crippen molar-refractivity contribution in [1.82, 2.24) is 10.2 Å². The lowest BCUT2D eigenvalue weighted by Crippen LogP contribution is -2.25. The number of carboxylic acid groups (broad SMARTS) is 1. The van der Waals surface area contributed by atoms with Crippen LogP contribution in [0.15, 0.2) is 12.7 Å². The normalized spacial score (nSPS) is 13.4. The second-order valence-electron chi connectivity index (χ2n) is 4.50. The molecule has 1 aliphatic heterocycles.